The van der Waals surface area contributed by atoms with Gasteiger partial charge in [-0.15, -0.1) is 11.3 Å². The first-order valence-corrected chi connectivity index (χ1v) is 13.6. The topological polar surface area (TPSA) is 86.3 Å². The van der Waals surface area contributed by atoms with Crippen LogP contribution in [0.15, 0.2) is 83.8 Å². The fourth-order valence-electron chi connectivity index (χ4n) is 4.59. The van der Waals surface area contributed by atoms with E-state index in [0.29, 0.717) is 34.6 Å². The molecule has 0 unspecified atom stereocenters. The lowest BCUT2D eigenvalue weighted by Gasteiger charge is -2.13. The van der Waals surface area contributed by atoms with Crippen LogP contribution in [0.25, 0.3) is 20.7 Å². The summed E-state index contributed by atoms with van der Waals surface area (Å²) in [4.78, 5) is 28.0. The highest BCUT2D eigenvalue weighted by atomic mass is 32.1. The summed E-state index contributed by atoms with van der Waals surface area (Å²) in [5.41, 5.74) is 8.22. The number of esters is 1. The molecule has 0 aliphatic heterocycles. The number of pyridine rings is 1. The molecule has 3 N–H and O–H groups in total. The van der Waals surface area contributed by atoms with Gasteiger partial charge in [-0.3, -0.25) is 4.79 Å². The van der Waals surface area contributed by atoms with Gasteiger partial charge in [0.2, 0.25) is 5.43 Å². The van der Waals surface area contributed by atoms with Crippen molar-refractivity contribution in [3.05, 3.63) is 123 Å². The standard InChI is InChI=1S/C31H27F2N3O3S/c1-2-39-31(38)24-18-36(17-23-25(32)9-6-10-26(23)33)30-27(28(24)37)22(16-35-15-19-7-4-3-5-8-19)29(40-30)20-11-13-21(34)14-12-20/h3-14,18,35H,2,15-17,34H2,1H3. The number of thiophene rings is 1. The van der Waals surface area contributed by atoms with E-state index in [9.17, 15) is 18.4 Å². The molecule has 5 rings (SSSR count). The second-order valence-electron chi connectivity index (χ2n) is 9.22. The van der Waals surface area contributed by atoms with Crippen molar-refractivity contribution in [3.8, 4) is 10.4 Å². The maximum Gasteiger partial charge on any atom is 0.343 e. The maximum atomic E-state index is 14.7. The van der Waals surface area contributed by atoms with E-state index in [-0.39, 0.29) is 24.3 Å². The van der Waals surface area contributed by atoms with Gasteiger partial charge in [0.1, 0.15) is 22.0 Å². The molecule has 5 aromatic rings. The average Bonchev–Trinajstić information content (AvgIpc) is 3.33. The maximum absolute atomic E-state index is 14.7. The molecule has 204 valence electrons. The Balaban J connectivity index is 1.71. The number of nitrogens with two attached hydrogens (primary N) is 1. The largest absolute Gasteiger partial charge is 0.462 e. The molecule has 3 aromatic carbocycles. The van der Waals surface area contributed by atoms with Crippen molar-refractivity contribution in [3.63, 3.8) is 0 Å². The molecule has 6 nitrogen and oxygen atoms in total. The quantitative estimate of drug-likeness (QED) is 0.168. The van der Waals surface area contributed by atoms with Crippen molar-refractivity contribution in [1.82, 2.24) is 9.88 Å². The first kappa shape index (κ1) is 27.2. The predicted molar refractivity (Wildman–Crippen MR) is 154 cm³/mol. The number of fused-ring (bicyclic) bond motifs is 1. The number of carbonyl (C=O) groups excluding carboxylic acids is 1. The van der Waals surface area contributed by atoms with E-state index in [1.165, 1.54) is 35.7 Å². The summed E-state index contributed by atoms with van der Waals surface area (Å²) in [5, 5.41) is 3.71. The van der Waals surface area contributed by atoms with Gasteiger partial charge in [0.05, 0.1) is 18.5 Å². The Morgan fingerprint density at radius 3 is 2.33 bits per heavy atom. The zero-order valence-electron chi connectivity index (χ0n) is 21.7. The Labute approximate surface area is 233 Å². The highest BCUT2D eigenvalue weighted by Gasteiger charge is 2.24. The number of nitrogens with zero attached hydrogens (tertiary/aromatic N) is 1. The molecule has 2 aromatic heterocycles. The van der Waals surface area contributed by atoms with Crippen LogP contribution in [0.3, 0.4) is 0 Å². The molecule has 0 radical (unpaired) electrons. The molecule has 9 heteroatoms. The van der Waals surface area contributed by atoms with Crippen LogP contribution in [0, 0.1) is 11.6 Å². The highest BCUT2D eigenvalue weighted by Crippen LogP contribution is 2.38. The zero-order valence-corrected chi connectivity index (χ0v) is 22.6. The summed E-state index contributed by atoms with van der Waals surface area (Å²) >= 11 is 1.32. The van der Waals surface area contributed by atoms with Crippen molar-refractivity contribution < 1.29 is 18.3 Å². The van der Waals surface area contributed by atoms with Gasteiger partial charge in [-0.2, -0.15) is 0 Å². The first-order chi connectivity index (χ1) is 19.4. The fraction of sp³-hybridized carbons (Fsp3) is 0.161. The Morgan fingerprint density at radius 2 is 1.65 bits per heavy atom. The summed E-state index contributed by atoms with van der Waals surface area (Å²) in [7, 11) is 0. The van der Waals surface area contributed by atoms with Crippen LogP contribution in [0.1, 0.15) is 34.0 Å². The van der Waals surface area contributed by atoms with E-state index in [4.69, 9.17) is 10.5 Å². The Hall–Kier alpha value is -4.34. The lowest BCUT2D eigenvalue weighted by Crippen LogP contribution is -2.22. The molecule has 0 aliphatic carbocycles. The summed E-state index contributed by atoms with van der Waals surface area (Å²) in [6, 6.07) is 20.7. The third-order valence-corrected chi connectivity index (χ3v) is 7.86. The second kappa shape index (κ2) is 11.8. The molecular weight excluding hydrogens is 532 g/mol. The lowest BCUT2D eigenvalue weighted by molar-refractivity contribution is 0.0524. The highest BCUT2D eigenvalue weighted by molar-refractivity contribution is 7.22. The van der Waals surface area contributed by atoms with Crippen LogP contribution < -0.4 is 16.5 Å². The van der Waals surface area contributed by atoms with Crippen molar-refractivity contribution in [2.45, 2.75) is 26.6 Å². The fourth-order valence-corrected chi connectivity index (χ4v) is 5.88. The molecule has 0 saturated heterocycles. The van der Waals surface area contributed by atoms with Crippen molar-refractivity contribution >= 4 is 33.2 Å². The zero-order chi connectivity index (χ0) is 28.2. The van der Waals surface area contributed by atoms with Gasteiger partial charge in [0, 0.05) is 35.4 Å². The van der Waals surface area contributed by atoms with E-state index in [1.54, 1.807) is 23.6 Å². The van der Waals surface area contributed by atoms with Crippen molar-refractivity contribution in [1.29, 1.82) is 0 Å². The van der Waals surface area contributed by atoms with Crippen LogP contribution in [-0.2, 0) is 24.4 Å². The van der Waals surface area contributed by atoms with Gasteiger partial charge < -0.3 is 20.4 Å². The smallest absolute Gasteiger partial charge is 0.343 e. The monoisotopic (exact) mass is 559 g/mol. The second-order valence-corrected chi connectivity index (χ2v) is 10.2. The van der Waals surface area contributed by atoms with Crippen LogP contribution in [-0.4, -0.2) is 17.1 Å². The number of benzene rings is 3. The van der Waals surface area contributed by atoms with E-state index in [2.05, 4.69) is 5.32 Å². The summed E-state index contributed by atoms with van der Waals surface area (Å²) in [6.45, 7) is 2.35. The van der Waals surface area contributed by atoms with Gasteiger partial charge in [0.25, 0.3) is 0 Å². The van der Waals surface area contributed by atoms with Gasteiger partial charge >= 0.3 is 5.97 Å². The molecule has 0 atom stereocenters. The molecule has 0 fully saturated rings. The minimum atomic E-state index is -0.791. The number of halogens is 2. The molecule has 2 heterocycles. The van der Waals surface area contributed by atoms with Gasteiger partial charge in [0.15, 0.2) is 0 Å². The normalized spacial score (nSPS) is 11.2. The Bertz CT molecular complexity index is 1710. The van der Waals surface area contributed by atoms with E-state index < -0.39 is 23.0 Å². The number of ether oxygens (including phenoxy) is 1. The number of anilines is 1. The van der Waals surface area contributed by atoms with Gasteiger partial charge in [-0.05, 0) is 47.9 Å². The number of rotatable bonds is 9. The SMILES string of the molecule is CCOC(=O)c1cn(Cc2c(F)cccc2F)c2sc(-c3ccc(N)cc3)c(CNCc3ccccc3)c2c1=O. The number of nitrogen functional groups attached to an aromatic ring is 1. The van der Waals surface area contributed by atoms with Gasteiger partial charge in [-0.1, -0.05) is 48.5 Å². The molecule has 40 heavy (non-hydrogen) atoms. The predicted octanol–water partition coefficient (Wildman–Crippen LogP) is 6.11. The van der Waals surface area contributed by atoms with Crippen LogP contribution in [0.5, 0.6) is 0 Å². The van der Waals surface area contributed by atoms with Crippen LogP contribution >= 0.6 is 11.3 Å². The third kappa shape index (κ3) is 5.52. The first-order valence-electron chi connectivity index (χ1n) is 12.8. The third-order valence-electron chi connectivity index (χ3n) is 6.54. The molecule has 0 amide bonds. The van der Waals surface area contributed by atoms with Crippen molar-refractivity contribution in [2.24, 2.45) is 0 Å². The average molecular weight is 560 g/mol. The van der Waals surface area contributed by atoms with E-state index >= 15 is 0 Å². The number of carbonyl (C=O) groups is 1. The van der Waals surface area contributed by atoms with Crippen molar-refractivity contribution in [2.75, 3.05) is 12.3 Å². The minimum absolute atomic E-state index is 0.0735. The van der Waals surface area contributed by atoms with E-state index in [0.717, 1.165) is 16.0 Å². The molecule has 0 bridgehead atoms. The molecule has 0 saturated carbocycles. The summed E-state index contributed by atoms with van der Waals surface area (Å²) in [5.74, 6) is -2.23. The lowest BCUT2D eigenvalue weighted by atomic mass is 10.0. The molecule has 0 aliphatic rings. The number of hydrogen-bond donors (Lipinski definition) is 2. The van der Waals surface area contributed by atoms with Crippen LogP contribution in [0.4, 0.5) is 14.5 Å². The number of aromatic nitrogens is 1. The Kier molecular flexibility index (Phi) is 8.04. The molecular formula is C31H27F2N3O3S. The number of hydrogen-bond acceptors (Lipinski definition) is 6. The summed E-state index contributed by atoms with van der Waals surface area (Å²) in [6.07, 6.45) is 1.33. The minimum Gasteiger partial charge on any atom is -0.462 e. The molecule has 0 spiro atoms. The van der Waals surface area contributed by atoms with Gasteiger partial charge in [-0.25, -0.2) is 13.6 Å². The summed E-state index contributed by atoms with van der Waals surface area (Å²) < 4.78 is 36.1. The Morgan fingerprint density at radius 1 is 0.950 bits per heavy atom. The number of nitrogens with one attached hydrogen (secondary N) is 1. The van der Waals surface area contributed by atoms with E-state index in [1.807, 2.05) is 42.5 Å². The van der Waals surface area contributed by atoms with Crippen LogP contribution in [0.2, 0.25) is 0 Å².